The highest BCUT2D eigenvalue weighted by atomic mass is 79.9. The van der Waals surface area contributed by atoms with Crippen molar-refractivity contribution in [2.75, 3.05) is 5.32 Å². The van der Waals surface area contributed by atoms with E-state index in [4.69, 9.17) is 0 Å². The molecule has 0 spiro atoms. The van der Waals surface area contributed by atoms with Crippen molar-refractivity contribution < 1.29 is 4.79 Å². The maximum Gasteiger partial charge on any atom is 0.258 e. The summed E-state index contributed by atoms with van der Waals surface area (Å²) in [5.41, 5.74) is 1.15. The van der Waals surface area contributed by atoms with E-state index in [-0.39, 0.29) is 11.5 Å². The molecule has 1 aromatic carbocycles. The number of carbonyl (C=O) groups excluding carboxylic acids is 1. The maximum absolute atomic E-state index is 12.3. The van der Waals surface area contributed by atoms with Crippen LogP contribution in [0.1, 0.15) is 15.9 Å². The van der Waals surface area contributed by atoms with Crippen LogP contribution in [-0.4, -0.2) is 20.0 Å². The van der Waals surface area contributed by atoms with Crippen LogP contribution in [0.3, 0.4) is 0 Å². The van der Waals surface area contributed by atoms with Crippen LogP contribution in [0.25, 0.3) is 0 Å². The Kier molecular flexibility index (Phi) is 4.61. The molecule has 1 N–H and O–H groups in total. The van der Waals surface area contributed by atoms with Gasteiger partial charge in [-0.15, -0.1) is 0 Å². The topological polar surface area (TPSA) is 68.9 Å². The van der Waals surface area contributed by atoms with E-state index in [0.29, 0.717) is 18.1 Å². The van der Waals surface area contributed by atoms with Crippen molar-refractivity contribution in [1.29, 1.82) is 0 Å². The lowest BCUT2D eigenvalue weighted by atomic mass is 10.2. The molecule has 0 saturated carbocycles. The van der Waals surface area contributed by atoms with Crippen molar-refractivity contribution in [3.05, 3.63) is 80.9 Å². The number of benzene rings is 1. The van der Waals surface area contributed by atoms with E-state index in [1.807, 2.05) is 28.8 Å². The highest BCUT2D eigenvalue weighted by Gasteiger charge is 2.11. The van der Waals surface area contributed by atoms with Gasteiger partial charge in [0.25, 0.3) is 11.5 Å². The summed E-state index contributed by atoms with van der Waals surface area (Å²) in [6.45, 7) is 0.583. The Hall–Kier alpha value is -2.67. The molecule has 1 amide bonds. The number of aromatic nitrogens is 3. The average Bonchev–Trinajstić information content (AvgIpc) is 2.99. The number of imidazole rings is 1. The van der Waals surface area contributed by atoms with Gasteiger partial charge in [-0.25, -0.2) is 4.98 Å². The van der Waals surface area contributed by atoms with Crippen molar-refractivity contribution in [1.82, 2.24) is 14.1 Å². The molecule has 2 aromatic heterocycles. The molecule has 0 aliphatic heterocycles. The predicted octanol–water partition coefficient (Wildman–Crippen LogP) is 2.64. The van der Waals surface area contributed by atoms with Crippen LogP contribution in [-0.2, 0) is 13.6 Å². The fourth-order valence-electron chi connectivity index (χ4n) is 2.21. The van der Waals surface area contributed by atoms with E-state index >= 15 is 0 Å². The fraction of sp³-hybridized carbons (Fsp3) is 0.118. The van der Waals surface area contributed by atoms with Gasteiger partial charge in [-0.3, -0.25) is 14.9 Å². The molecule has 0 radical (unpaired) electrons. The van der Waals surface area contributed by atoms with Crippen molar-refractivity contribution in [3.63, 3.8) is 0 Å². The summed E-state index contributed by atoms with van der Waals surface area (Å²) in [6, 6.07) is 10.8. The molecule has 24 heavy (non-hydrogen) atoms. The van der Waals surface area contributed by atoms with Crippen molar-refractivity contribution in [2.24, 2.45) is 7.05 Å². The molecule has 3 aromatic rings. The van der Waals surface area contributed by atoms with E-state index in [0.717, 1.165) is 10.0 Å². The molecule has 122 valence electrons. The molecule has 0 bridgehead atoms. The minimum absolute atomic E-state index is 0.235. The zero-order valence-corrected chi connectivity index (χ0v) is 14.5. The number of hydrogen-bond acceptors (Lipinski definition) is 3. The lowest BCUT2D eigenvalue weighted by molar-refractivity contribution is 0.102. The Morgan fingerprint density at radius 1 is 1.21 bits per heavy atom. The lowest BCUT2D eigenvalue weighted by Crippen LogP contribution is -2.21. The number of pyridine rings is 1. The van der Waals surface area contributed by atoms with Gasteiger partial charge in [0.05, 0.1) is 6.54 Å². The van der Waals surface area contributed by atoms with E-state index in [1.165, 1.54) is 10.6 Å². The number of carbonyl (C=O) groups is 1. The first-order chi connectivity index (χ1) is 11.5. The lowest BCUT2D eigenvalue weighted by Gasteiger charge is -2.09. The number of anilines is 1. The summed E-state index contributed by atoms with van der Waals surface area (Å²) in [7, 11) is 1.63. The van der Waals surface area contributed by atoms with Gasteiger partial charge in [-0.2, -0.15) is 0 Å². The van der Waals surface area contributed by atoms with Crippen LogP contribution < -0.4 is 10.9 Å². The van der Waals surface area contributed by atoms with Gasteiger partial charge < -0.3 is 9.13 Å². The van der Waals surface area contributed by atoms with Crippen molar-refractivity contribution in [2.45, 2.75) is 6.54 Å². The molecule has 0 saturated heterocycles. The Morgan fingerprint density at radius 3 is 2.67 bits per heavy atom. The number of amides is 1. The minimum Gasteiger partial charge on any atom is -0.319 e. The largest absolute Gasteiger partial charge is 0.319 e. The van der Waals surface area contributed by atoms with Gasteiger partial charge in [-0.05, 0) is 23.8 Å². The quantitative estimate of drug-likeness (QED) is 0.749. The Morgan fingerprint density at radius 2 is 1.96 bits per heavy atom. The van der Waals surface area contributed by atoms with E-state index in [2.05, 4.69) is 26.2 Å². The molecular formula is C17H15BrN4O2. The van der Waals surface area contributed by atoms with Crippen LogP contribution in [0.15, 0.2) is 64.3 Å². The third kappa shape index (κ3) is 3.62. The fourth-order valence-corrected chi connectivity index (χ4v) is 2.48. The molecule has 7 heteroatoms. The monoisotopic (exact) mass is 386 g/mol. The normalized spacial score (nSPS) is 10.6. The van der Waals surface area contributed by atoms with E-state index in [1.54, 1.807) is 31.7 Å². The van der Waals surface area contributed by atoms with Crippen LogP contribution in [0.2, 0.25) is 0 Å². The number of nitrogens with zero attached hydrogens (tertiary/aromatic N) is 3. The van der Waals surface area contributed by atoms with Crippen molar-refractivity contribution >= 4 is 27.8 Å². The molecule has 0 aliphatic carbocycles. The minimum atomic E-state index is -0.365. The summed E-state index contributed by atoms with van der Waals surface area (Å²) in [5, 5.41) is 2.74. The SMILES string of the molecule is Cn1ccc(C(=O)Nc2nccn2Cc2ccc(Br)cc2)cc1=O. The first-order valence-corrected chi connectivity index (χ1v) is 8.06. The van der Waals surface area contributed by atoms with E-state index < -0.39 is 0 Å². The van der Waals surface area contributed by atoms with Crippen LogP contribution in [0.5, 0.6) is 0 Å². The molecule has 0 fully saturated rings. The number of nitrogens with one attached hydrogen (secondary N) is 1. The highest BCUT2D eigenvalue weighted by molar-refractivity contribution is 9.10. The average molecular weight is 387 g/mol. The number of halogens is 1. The molecule has 0 aliphatic rings. The molecule has 2 heterocycles. The summed E-state index contributed by atoms with van der Waals surface area (Å²) in [4.78, 5) is 28.1. The highest BCUT2D eigenvalue weighted by Crippen LogP contribution is 2.14. The molecule has 0 atom stereocenters. The van der Waals surface area contributed by atoms with Crippen LogP contribution in [0.4, 0.5) is 5.95 Å². The first kappa shape index (κ1) is 16.2. The zero-order valence-electron chi connectivity index (χ0n) is 12.9. The second kappa shape index (κ2) is 6.84. The Labute approximate surface area is 146 Å². The number of aryl methyl sites for hydroxylation is 1. The standard InChI is InChI=1S/C17H15BrN4O2/c1-21-8-6-13(10-15(21)23)16(24)20-17-19-7-9-22(17)11-12-2-4-14(18)5-3-12/h2-10H,11H2,1H3,(H,19,20,24). The Balaban J connectivity index is 1.77. The molecule has 3 rings (SSSR count). The number of rotatable bonds is 4. The van der Waals surface area contributed by atoms with Crippen LogP contribution in [0, 0.1) is 0 Å². The van der Waals surface area contributed by atoms with Gasteiger partial charge in [0.1, 0.15) is 0 Å². The van der Waals surface area contributed by atoms with Gasteiger partial charge in [0.2, 0.25) is 5.95 Å². The molecule has 6 nitrogen and oxygen atoms in total. The Bertz CT molecular complexity index is 928. The third-order valence-corrected chi connectivity index (χ3v) is 4.10. The van der Waals surface area contributed by atoms with Gasteiger partial charge in [0.15, 0.2) is 0 Å². The van der Waals surface area contributed by atoms with Crippen LogP contribution >= 0.6 is 15.9 Å². The summed E-state index contributed by atoms with van der Waals surface area (Å²) >= 11 is 3.40. The predicted molar refractivity (Wildman–Crippen MR) is 95.1 cm³/mol. The number of hydrogen-bond donors (Lipinski definition) is 1. The summed E-state index contributed by atoms with van der Waals surface area (Å²) < 4.78 is 4.25. The molecular weight excluding hydrogens is 372 g/mol. The maximum atomic E-state index is 12.3. The van der Waals surface area contributed by atoms with Gasteiger partial charge in [0, 0.05) is 41.7 Å². The van der Waals surface area contributed by atoms with Crippen molar-refractivity contribution in [3.8, 4) is 0 Å². The smallest absolute Gasteiger partial charge is 0.258 e. The summed E-state index contributed by atoms with van der Waals surface area (Å²) in [5.74, 6) is 0.0690. The third-order valence-electron chi connectivity index (χ3n) is 3.57. The van der Waals surface area contributed by atoms with Gasteiger partial charge >= 0.3 is 0 Å². The second-order valence-corrected chi connectivity index (χ2v) is 6.24. The van der Waals surface area contributed by atoms with Gasteiger partial charge in [-0.1, -0.05) is 28.1 Å². The second-order valence-electron chi connectivity index (χ2n) is 5.32. The molecule has 0 unspecified atom stereocenters. The van der Waals surface area contributed by atoms with E-state index in [9.17, 15) is 9.59 Å². The summed E-state index contributed by atoms with van der Waals surface area (Å²) in [6.07, 6.45) is 4.98. The first-order valence-electron chi connectivity index (χ1n) is 7.26. The zero-order chi connectivity index (χ0) is 17.1.